The van der Waals surface area contributed by atoms with Crippen LogP contribution in [0, 0.1) is 5.92 Å². The smallest absolute Gasteiger partial charge is 0.262 e. The molecule has 2 aromatic carbocycles. The highest BCUT2D eigenvalue weighted by Crippen LogP contribution is 2.32. The molecule has 0 saturated heterocycles. The minimum absolute atomic E-state index is 0.0340. The van der Waals surface area contributed by atoms with Gasteiger partial charge in [0.05, 0.1) is 5.69 Å². The molecule has 1 heterocycles. The Labute approximate surface area is 178 Å². The Morgan fingerprint density at radius 1 is 1.17 bits per heavy atom. The number of hydrogen-bond donors (Lipinski definition) is 2. The van der Waals surface area contributed by atoms with Gasteiger partial charge in [-0.2, -0.15) is 0 Å². The lowest BCUT2D eigenvalue weighted by molar-refractivity contribution is -0.118. The number of carbonyl (C=O) groups excluding carboxylic acids is 2. The molecule has 1 aliphatic rings. The van der Waals surface area contributed by atoms with E-state index in [9.17, 15) is 9.59 Å². The number of carbonyl (C=O) groups is 2. The number of nitrogens with zero attached hydrogens (tertiary/aromatic N) is 2. The first kappa shape index (κ1) is 20.0. The zero-order chi connectivity index (χ0) is 20.9. The van der Waals surface area contributed by atoms with Crippen LogP contribution < -0.4 is 15.4 Å². The first-order valence-corrected chi connectivity index (χ1v) is 10.5. The first-order valence-electron chi connectivity index (χ1n) is 9.66. The molecule has 30 heavy (non-hydrogen) atoms. The molecule has 3 aromatic rings. The molecule has 7 nitrogen and oxygen atoms in total. The van der Waals surface area contributed by atoms with Crippen molar-refractivity contribution in [2.24, 2.45) is 13.0 Å². The number of imidazole rings is 1. The predicted molar refractivity (Wildman–Crippen MR) is 116 cm³/mol. The molecule has 1 saturated carbocycles. The Bertz CT molecular complexity index is 1060. The molecule has 0 spiro atoms. The molecule has 2 N–H and O–H groups in total. The van der Waals surface area contributed by atoms with Crippen LogP contribution >= 0.6 is 11.8 Å². The number of hydrogen-bond acceptors (Lipinski definition) is 5. The number of aryl methyl sites for hydroxylation is 1. The fourth-order valence-corrected chi connectivity index (χ4v) is 3.69. The van der Waals surface area contributed by atoms with Crippen molar-refractivity contribution in [3.8, 4) is 5.75 Å². The van der Waals surface area contributed by atoms with Crippen LogP contribution in [-0.2, 0) is 16.6 Å². The maximum absolute atomic E-state index is 12.4. The summed E-state index contributed by atoms with van der Waals surface area (Å²) < 4.78 is 7.53. The molecule has 1 fully saturated rings. The quantitative estimate of drug-likeness (QED) is 0.574. The average Bonchev–Trinajstić information content (AvgIpc) is 3.52. The minimum atomic E-state index is -0.268. The summed E-state index contributed by atoms with van der Waals surface area (Å²) in [5, 5.41) is 6.60. The largest absolute Gasteiger partial charge is 0.484 e. The molecule has 0 atom stereocenters. The van der Waals surface area contributed by atoms with E-state index < -0.39 is 0 Å². The summed E-state index contributed by atoms with van der Waals surface area (Å²) in [5.74, 6) is 0.417. The second-order valence-corrected chi connectivity index (χ2v) is 8.06. The van der Waals surface area contributed by atoms with Crippen LogP contribution in [-0.4, -0.2) is 28.0 Å². The Morgan fingerprint density at radius 2 is 2.00 bits per heavy atom. The highest BCUT2D eigenvalue weighted by Gasteiger charge is 2.29. The molecular weight excluding hydrogens is 400 g/mol. The number of benzene rings is 2. The van der Waals surface area contributed by atoms with Crippen molar-refractivity contribution in [3.05, 3.63) is 60.9 Å². The monoisotopic (exact) mass is 422 g/mol. The Hall–Kier alpha value is -3.26. The van der Waals surface area contributed by atoms with Gasteiger partial charge in [-0.3, -0.25) is 9.59 Å². The molecular formula is C22H22N4O3S. The van der Waals surface area contributed by atoms with E-state index in [1.54, 1.807) is 30.5 Å². The molecule has 2 amide bonds. The van der Waals surface area contributed by atoms with E-state index in [-0.39, 0.29) is 24.3 Å². The molecule has 1 aliphatic carbocycles. The van der Waals surface area contributed by atoms with Gasteiger partial charge in [-0.25, -0.2) is 4.98 Å². The van der Waals surface area contributed by atoms with E-state index in [4.69, 9.17) is 4.74 Å². The second-order valence-electron chi connectivity index (χ2n) is 7.05. The highest BCUT2D eigenvalue weighted by molar-refractivity contribution is 7.99. The van der Waals surface area contributed by atoms with Crippen molar-refractivity contribution in [2.45, 2.75) is 22.9 Å². The van der Waals surface area contributed by atoms with E-state index in [0.29, 0.717) is 17.1 Å². The van der Waals surface area contributed by atoms with Gasteiger partial charge in [-0.15, -0.1) is 0 Å². The maximum atomic E-state index is 12.4. The summed E-state index contributed by atoms with van der Waals surface area (Å²) >= 11 is 1.48. The number of amides is 2. The number of anilines is 2. The highest BCUT2D eigenvalue weighted by atomic mass is 32.2. The lowest BCUT2D eigenvalue weighted by Crippen LogP contribution is -2.20. The van der Waals surface area contributed by atoms with E-state index in [2.05, 4.69) is 15.6 Å². The molecule has 0 unspecified atom stereocenters. The minimum Gasteiger partial charge on any atom is -0.484 e. The van der Waals surface area contributed by atoms with Crippen LogP contribution in [0.3, 0.4) is 0 Å². The van der Waals surface area contributed by atoms with Gasteiger partial charge in [-0.1, -0.05) is 18.2 Å². The summed E-state index contributed by atoms with van der Waals surface area (Å²) in [6, 6.07) is 14.6. The second kappa shape index (κ2) is 9.04. The van der Waals surface area contributed by atoms with Gasteiger partial charge < -0.3 is 19.9 Å². The summed E-state index contributed by atoms with van der Waals surface area (Å²) in [4.78, 5) is 29.5. The standard InChI is InChI=1S/C22H22N4O3S/c1-26-12-11-23-22(26)30-19-8-3-2-7-18(19)25-20(27)14-29-17-6-4-5-16(13-17)24-21(28)15-9-10-15/h2-8,11-13,15H,9-10,14H2,1H3,(H,24,28)(H,25,27). The van der Waals surface area contributed by atoms with E-state index in [1.165, 1.54) is 11.8 Å². The van der Waals surface area contributed by atoms with Gasteiger partial charge in [0, 0.05) is 42.0 Å². The summed E-state index contributed by atoms with van der Waals surface area (Å²) in [7, 11) is 1.92. The van der Waals surface area contributed by atoms with Crippen molar-refractivity contribution in [1.29, 1.82) is 0 Å². The number of ether oxygens (including phenoxy) is 1. The molecule has 4 rings (SSSR count). The van der Waals surface area contributed by atoms with E-state index >= 15 is 0 Å². The van der Waals surface area contributed by atoms with E-state index in [0.717, 1.165) is 22.9 Å². The SMILES string of the molecule is Cn1ccnc1Sc1ccccc1NC(=O)COc1cccc(NC(=O)C2CC2)c1. The van der Waals surface area contributed by atoms with Gasteiger partial charge in [0.25, 0.3) is 5.91 Å². The third-order valence-corrected chi connectivity index (χ3v) is 5.71. The van der Waals surface area contributed by atoms with Gasteiger partial charge in [0.2, 0.25) is 5.91 Å². The van der Waals surface area contributed by atoms with Gasteiger partial charge in [0.15, 0.2) is 11.8 Å². The molecule has 0 radical (unpaired) electrons. The maximum Gasteiger partial charge on any atom is 0.262 e. The van der Waals surface area contributed by atoms with Crippen LogP contribution in [0.4, 0.5) is 11.4 Å². The lowest BCUT2D eigenvalue weighted by Gasteiger charge is -2.12. The summed E-state index contributed by atoms with van der Waals surface area (Å²) in [5.41, 5.74) is 1.37. The topological polar surface area (TPSA) is 85.2 Å². The fourth-order valence-electron chi connectivity index (χ4n) is 2.80. The number of para-hydroxylation sites is 1. The van der Waals surface area contributed by atoms with Crippen LogP contribution in [0.15, 0.2) is 71.0 Å². The third kappa shape index (κ3) is 5.21. The van der Waals surface area contributed by atoms with Crippen LogP contribution in [0.25, 0.3) is 0 Å². The number of nitrogens with one attached hydrogen (secondary N) is 2. The normalized spacial score (nSPS) is 13.0. The number of rotatable bonds is 8. The predicted octanol–water partition coefficient (Wildman–Crippen LogP) is 3.94. The van der Waals surface area contributed by atoms with Crippen LogP contribution in [0.5, 0.6) is 5.75 Å². The van der Waals surface area contributed by atoms with Gasteiger partial charge in [0.1, 0.15) is 5.75 Å². The Balaban J connectivity index is 1.34. The fraction of sp³-hybridized carbons (Fsp3) is 0.227. The molecule has 1 aromatic heterocycles. The Morgan fingerprint density at radius 3 is 2.77 bits per heavy atom. The first-order chi connectivity index (χ1) is 14.6. The lowest BCUT2D eigenvalue weighted by atomic mass is 10.3. The molecule has 0 bridgehead atoms. The molecule has 8 heteroatoms. The zero-order valence-electron chi connectivity index (χ0n) is 16.5. The molecule has 0 aliphatic heterocycles. The third-order valence-electron chi connectivity index (χ3n) is 4.56. The summed E-state index contributed by atoms with van der Waals surface area (Å²) in [6.07, 6.45) is 5.50. The van der Waals surface area contributed by atoms with Crippen molar-refractivity contribution in [3.63, 3.8) is 0 Å². The molecule has 154 valence electrons. The van der Waals surface area contributed by atoms with Crippen molar-refractivity contribution in [1.82, 2.24) is 9.55 Å². The van der Waals surface area contributed by atoms with E-state index in [1.807, 2.05) is 42.1 Å². The number of aromatic nitrogens is 2. The average molecular weight is 423 g/mol. The van der Waals surface area contributed by atoms with Crippen molar-refractivity contribution >= 4 is 35.0 Å². The van der Waals surface area contributed by atoms with Gasteiger partial charge in [-0.05, 0) is 48.9 Å². The van der Waals surface area contributed by atoms with Crippen LogP contribution in [0.1, 0.15) is 12.8 Å². The van der Waals surface area contributed by atoms with Gasteiger partial charge >= 0.3 is 0 Å². The van der Waals surface area contributed by atoms with Crippen molar-refractivity contribution < 1.29 is 14.3 Å². The van der Waals surface area contributed by atoms with Crippen molar-refractivity contribution in [2.75, 3.05) is 17.2 Å². The van der Waals surface area contributed by atoms with Crippen LogP contribution in [0.2, 0.25) is 0 Å². The summed E-state index contributed by atoms with van der Waals surface area (Å²) in [6.45, 7) is -0.137. The Kier molecular flexibility index (Phi) is 6.04. The zero-order valence-corrected chi connectivity index (χ0v) is 17.3.